The van der Waals surface area contributed by atoms with Crippen LogP contribution in [0.5, 0.6) is 5.75 Å². The predicted octanol–water partition coefficient (Wildman–Crippen LogP) is 4.48. The minimum Gasteiger partial charge on any atom is -0.491 e. The highest BCUT2D eigenvalue weighted by molar-refractivity contribution is 6.01. The molecule has 0 bridgehead atoms. The van der Waals surface area contributed by atoms with Gasteiger partial charge >= 0.3 is 5.63 Å². The molecule has 0 atom stereocenters. The Morgan fingerprint density at radius 1 is 0.967 bits per heavy atom. The summed E-state index contributed by atoms with van der Waals surface area (Å²) in [6.45, 7) is 7.48. The summed E-state index contributed by atoms with van der Waals surface area (Å²) in [5.74, 6) is 0.660. The zero-order valence-electron chi connectivity index (χ0n) is 17.5. The van der Waals surface area contributed by atoms with E-state index in [9.17, 15) is 9.59 Å². The van der Waals surface area contributed by atoms with Gasteiger partial charge in [0.25, 0.3) is 0 Å². The Bertz CT molecular complexity index is 1050. The summed E-state index contributed by atoms with van der Waals surface area (Å²) in [6.07, 6.45) is 0.200. The fraction of sp³-hybridized carbons (Fsp3) is 0.333. The van der Waals surface area contributed by atoms with E-state index in [0.717, 1.165) is 5.56 Å². The first-order chi connectivity index (χ1) is 14.4. The zero-order valence-corrected chi connectivity index (χ0v) is 17.5. The summed E-state index contributed by atoms with van der Waals surface area (Å²) in [4.78, 5) is 23.7. The van der Waals surface area contributed by atoms with Crippen molar-refractivity contribution < 1.29 is 23.4 Å². The van der Waals surface area contributed by atoms with Gasteiger partial charge < -0.3 is 18.6 Å². The lowest BCUT2D eigenvalue weighted by Crippen LogP contribution is -2.13. The van der Waals surface area contributed by atoms with E-state index in [2.05, 4.69) is 0 Å². The highest BCUT2D eigenvalue weighted by Crippen LogP contribution is 2.29. The van der Waals surface area contributed by atoms with Crippen molar-refractivity contribution >= 4 is 16.8 Å². The Kier molecular flexibility index (Phi) is 7.38. The number of carbonyl (C=O) groups is 1. The molecular formula is C24H26O6. The van der Waals surface area contributed by atoms with Gasteiger partial charge in [-0.3, -0.25) is 4.79 Å². The monoisotopic (exact) mass is 410 g/mol. The third-order valence-corrected chi connectivity index (χ3v) is 4.49. The van der Waals surface area contributed by atoms with E-state index in [0.29, 0.717) is 54.3 Å². The smallest absolute Gasteiger partial charge is 0.336 e. The minimum absolute atomic E-state index is 0.0456. The second kappa shape index (κ2) is 10.2. The molecule has 0 saturated carbocycles. The topological polar surface area (TPSA) is 75.0 Å². The van der Waals surface area contributed by atoms with Gasteiger partial charge in [-0.05, 0) is 62.2 Å². The van der Waals surface area contributed by atoms with Gasteiger partial charge in [-0.25, -0.2) is 4.79 Å². The van der Waals surface area contributed by atoms with Crippen LogP contribution in [0.2, 0.25) is 0 Å². The minimum atomic E-state index is -0.438. The van der Waals surface area contributed by atoms with Gasteiger partial charge in [0, 0.05) is 17.0 Å². The van der Waals surface area contributed by atoms with Crippen molar-refractivity contribution in [2.45, 2.75) is 26.9 Å². The predicted molar refractivity (Wildman–Crippen MR) is 115 cm³/mol. The van der Waals surface area contributed by atoms with Crippen LogP contribution in [0.15, 0.2) is 57.7 Å². The van der Waals surface area contributed by atoms with E-state index < -0.39 is 5.63 Å². The van der Waals surface area contributed by atoms with E-state index in [1.54, 1.807) is 18.2 Å². The Labute approximate surface area is 175 Å². The standard InChI is InChI=1S/C24H26O6/c1-16(2)28-12-10-27-11-13-29-20-7-4-18(5-8-20)21-15-24(26)30-23-9-6-19(17(3)25)14-22(21)23/h4-9,14-16H,10-13H2,1-3H3. The fourth-order valence-corrected chi connectivity index (χ4v) is 3.01. The number of benzene rings is 2. The average Bonchev–Trinajstić information content (AvgIpc) is 2.72. The molecule has 0 aliphatic heterocycles. The lowest BCUT2D eigenvalue weighted by Gasteiger charge is -2.10. The molecule has 30 heavy (non-hydrogen) atoms. The first kappa shape index (κ1) is 21.7. The first-order valence-corrected chi connectivity index (χ1v) is 9.95. The van der Waals surface area contributed by atoms with Crippen LogP contribution in [-0.2, 0) is 9.47 Å². The van der Waals surface area contributed by atoms with Gasteiger partial charge in [0.1, 0.15) is 17.9 Å². The average molecular weight is 410 g/mol. The molecule has 158 valence electrons. The van der Waals surface area contributed by atoms with Crippen LogP contribution in [-0.4, -0.2) is 38.3 Å². The number of ether oxygens (including phenoxy) is 3. The third kappa shape index (κ3) is 5.78. The second-order valence-corrected chi connectivity index (χ2v) is 7.15. The fourth-order valence-electron chi connectivity index (χ4n) is 3.01. The molecule has 3 rings (SSSR count). The molecule has 0 aliphatic rings. The van der Waals surface area contributed by atoms with Crippen LogP contribution in [0.1, 0.15) is 31.1 Å². The summed E-state index contributed by atoms with van der Waals surface area (Å²) >= 11 is 0. The first-order valence-electron chi connectivity index (χ1n) is 9.95. The molecule has 6 heteroatoms. The van der Waals surface area contributed by atoms with Gasteiger partial charge in [-0.15, -0.1) is 0 Å². The van der Waals surface area contributed by atoms with E-state index in [1.165, 1.54) is 13.0 Å². The van der Waals surface area contributed by atoms with Gasteiger partial charge in [-0.1, -0.05) is 12.1 Å². The van der Waals surface area contributed by atoms with Crippen molar-refractivity contribution in [2.24, 2.45) is 0 Å². The molecule has 0 N–H and O–H groups in total. The van der Waals surface area contributed by atoms with Gasteiger partial charge in [-0.2, -0.15) is 0 Å². The molecule has 6 nitrogen and oxygen atoms in total. The van der Waals surface area contributed by atoms with Crippen LogP contribution in [0.25, 0.3) is 22.1 Å². The maximum Gasteiger partial charge on any atom is 0.336 e. The summed E-state index contributed by atoms with van der Waals surface area (Å²) in [5, 5.41) is 0.716. The van der Waals surface area contributed by atoms with Gasteiger partial charge in [0.15, 0.2) is 5.78 Å². The lowest BCUT2D eigenvalue weighted by molar-refractivity contribution is 0.0124. The van der Waals surface area contributed by atoms with Crippen molar-refractivity contribution in [3.63, 3.8) is 0 Å². The molecule has 0 unspecified atom stereocenters. The normalized spacial score (nSPS) is 11.2. The molecular weight excluding hydrogens is 384 g/mol. The largest absolute Gasteiger partial charge is 0.491 e. The van der Waals surface area contributed by atoms with Crippen LogP contribution < -0.4 is 10.4 Å². The van der Waals surface area contributed by atoms with Gasteiger partial charge in [0.2, 0.25) is 0 Å². The molecule has 0 radical (unpaired) electrons. The Morgan fingerprint density at radius 2 is 1.70 bits per heavy atom. The molecule has 0 aliphatic carbocycles. The second-order valence-electron chi connectivity index (χ2n) is 7.15. The van der Waals surface area contributed by atoms with Crippen LogP contribution in [0.4, 0.5) is 0 Å². The molecule has 0 spiro atoms. The SMILES string of the molecule is CC(=O)c1ccc2oc(=O)cc(-c3ccc(OCCOCCOC(C)C)cc3)c2c1. The third-order valence-electron chi connectivity index (χ3n) is 4.49. The van der Waals surface area contributed by atoms with Crippen LogP contribution in [0.3, 0.4) is 0 Å². The lowest BCUT2D eigenvalue weighted by atomic mass is 9.99. The Hall–Kier alpha value is -2.96. The summed E-state index contributed by atoms with van der Waals surface area (Å²) in [5.41, 5.74) is 2.12. The molecule has 0 fully saturated rings. The summed E-state index contributed by atoms with van der Waals surface area (Å²) < 4.78 is 21.8. The van der Waals surface area contributed by atoms with Crippen LogP contribution >= 0.6 is 0 Å². The highest BCUT2D eigenvalue weighted by Gasteiger charge is 2.10. The number of carbonyl (C=O) groups excluding carboxylic acids is 1. The van der Waals surface area contributed by atoms with Crippen LogP contribution in [0, 0.1) is 0 Å². The van der Waals surface area contributed by atoms with Gasteiger partial charge in [0.05, 0.1) is 25.9 Å². The van der Waals surface area contributed by atoms with Crippen molar-refractivity contribution in [1.29, 1.82) is 0 Å². The summed E-state index contributed by atoms with van der Waals surface area (Å²) in [6, 6.07) is 13.9. The quantitative estimate of drug-likeness (QED) is 0.279. The van der Waals surface area contributed by atoms with Crippen molar-refractivity contribution in [2.75, 3.05) is 26.4 Å². The molecule has 0 amide bonds. The number of fused-ring (bicyclic) bond motifs is 1. The number of hydrogen-bond donors (Lipinski definition) is 0. The van der Waals surface area contributed by atoms with E-state index in [1.807, 2.05) is 38.1 Å². The highest BCUT2D eigenvalue weighted by atomic mass is 16.5. The van der Waals surface area contributed by atoms with E-state index >= 15 is 0 Å². The number of rotatable bonds is 10. The Morgan fingerprint density at radius 3 is 2.40 bits per heavy atom. The zero-order chi connectivity index (χ0) is 21.5. The maximum absolute atomic E-state index is 12.0. The summed E-state index contributed by atoms with van der Waals surface area (Å²) in [7, 11) is 0. The van der Waals surface area contributed by atoms with Crippen molar-refractivity contribution in [3.05, 3.63) is 64.5 Å². The number of hydrogen-bond acceptors (Lipinski definition) is 6. The number of ketones is 1. The van der Waals surface area contributed by atoms with Crippen molar-refractivity contribution in [1.82, 2.24) is 0 Å². The molecule has 1 aromatic heterocycles. The molecule has 1 heterocycles. The molecule has 3 aromatic rings. The van der Waals surface area contributed by atoms with E-state index in [4.69, 9.17) is 18.6 Å². The van der Waals surface area contributed by atoms with E-state index in [-0.39, 0.29) is 11.9 Å². The molecule has 0 saturated heterocycles. The number of Topliss-reactive ketones (excluding diaryl/α,β-unsaturated/α-hetero) is 1. The maximum atomic E-state index is 12.0. The van der Waals surface area contributed by atoms with Crippen molar-refractivity contribution in [3.8, 4) is 16.9 Å². The Balaban J connectivity index is 1.67. The molecule has 2 aromatic carbocycles.